The van der Waals surface area contributed by atoms with E-state index in [1.54, 1.807) is 140 Å². The molecule has 0 aliphatic carbocycles. The van der Waals surface area contributed by atoms with Gasteiger partial charge in [-0.05, 0) is 281 Å². The summed E-state index contributed by atoms with van der Waals surface area (Å²) in [6.45, 7) is 35.0. The van der Waals surface area contributed by atoms with E-state index < -0.39 is 45.3 Å². The number of ether oxygens (including phenoxy) is 4. The van der Waals surface area contributed by atoms with Crippen molar-refractivity contribution in [1.29, 1.82) is 0 Å². The molecule has 656 valence electrons. The van der Waals surface area contributed by atoms with Crippen LogP contribution >= 0.6 is 0 Å². The molecule has 15 rings (SSSR count). The SMILES string of the molecule is COCCN1CCC(c2cc(OC(C)C)c(Nc3nc(Nc4ccccc4S(=O)(=O)C(C)C)c4cc[nH]c4n3)cc2C)CC1.Cc1cc(-c2cc(Nc3nc(Nc4ccccc4S(=O)(=O)C(C)C)c4cc[nH]c4n3)c(OC(C)C)cc2C)on1.Cc1cc(Nc2nc(Nc3ccccc3S(=O)(=O)C(C)C)c3cc[nH]c3n2)c(OC(C)C)cc1C1CCCCN1. The van der Waals surface area contributed by atoms with Gasteiger partial charge in [0.05, 0.1) is 111 Å². The lowest BCUT2D eigenvalue weighted by atomic mass is 9.86. The molecule has 1 atom stereocenters. The number of aryl methyl sites for hydroxylation is 4. The number of anilines is 12. The van der Waals surface area contributed by atoms with Crippen LogP contribution in [0.4, 0.5) is 69.4 Å². The lowest BCUT2D eigenvalue weighted by Crippen LogP contribution is -2.35. The number of H-pyrrole nitrogens is 3. The standard InChI is InChI=1S/C33H44N6O4S.C30H38N6O3S.C29H32N6O4S/c1-21(2)43-29-20-26(24-12-15-39(16-13-24)17-18-42-6)23(5)19-28(29)36-33-37-31-25(11-14-34-31)32(38-33)35-27-9-7-8-10-30(27)44(40,41)22(3)4;1-18(2)39-26-17-22(23-10-8-9-14-31-23)20(5)16-25(26)34-30-35-28-21(13-15-32-28)29(36-30)33-24-11-6-7-12-27(24)40(37,38)19(3)4;1-16(2)38-25-13-18(5)21(24-14-19(6)35-39-24)15-23(25)32-29-33-27-20(11-12-30-27)28(34-29)31-22-9-7-8-10-26(22)40(36,37)17(3)4/h7-11,14,19-22,24H,12-13,15-18H2,1-6H3,(H3,34,35,36,37,38);6-7,11-13,15-19,23,31H,8-10,14H2,1-5H3,(H3,32,33,34,35,36);7-17H,1-6H3,(H3,30,31,32,33,34). The van der Waals surface area contributed by atoms with E-state index in [4.69, 9.17) is 48.4 Å². The zero-order valence-corrected chi connectivity index (χ0v) is 75.9. The predicted octanol–water partition coefficient (Wildman–Crippen LogP) is 19.8. The average molecular weight is 1740 g/mol. The van der Waals surface area contributed by atoms with Crippen LogP contribution in [0.5, 0.6) is 17.2 Å². The van der Waals surface area contributed by atoms with E-state index in [-0.39, 0.29) is 33.0 Å². The summed E-state index contributed by atoms with van der Waals surface area (Å²) >= 11 is 0. The second kappa shape index (κ2) is 39.0. The van der Waals surface area contributed by atoms with Crippen LogP contribution in [0.15, 0.2) is 171 Å². The van der Waals surface area contributed by atoms with E-state index in [1.807, 2.05) is 91.8 Å². The zero-order valence-electron chi connectivity index (χ0n) is 73.4. The number of sulfone groups is 3. The summed E-state index contributed by atoms with van der Waals surface area (Å²) in [5.41, 5.74) is 12.9. The van der Waals surface area contributed by atoms with Gasteiger partial charge >= 0.3 is 0 Å². The Labute approximate surface area is 726 Å². The number of nitrogens with one attached hydrogen (secondary N) is 10. The van der Waals surface area contributed by atoms with Crippen molar-refractivity contribution in [2.24, 2.45) is 0 Å². The van der Waals surface area contributed by atoms with Gasteiger partial charge < -0.3 is 80.5 Å². The number of likely N-dealkylation sites (tertiary alicyclic amines) is 1. The number of hydrogen-bond donors (Lipinski definition) is 10. The second-order valence-electron chi connectivity index (χ2n) is 32.9. The van der Waals surface area contributed by atoms with Crippen molar-refractivity contribution < 1.29 is 48.7 Å². The highest BCUT2D eigenvalue weighted by atomic mass is 32.2. The molecule has 0 radical (unpaired) electrons. The Morgan fingerprint density at radius 2 is 0.839 bits per heavy atom. The number of nitrogens with zero attached hydrogens (tertiary/aromatic N) is 8. The van der Waals surface area contributed by atoms with Crippen molar-refractivity contribution in [3.63, 3.8) is 0 Å². The van der Waals surface area contributed by atoms with E-state index in [0.717, 1.165) is 108 Å². The summed E-state index contributed by atoms with van der Waals surface area (Å²) < 4.78 is 108. The third kappa shape index (κ3) is 21.0. The van der Waals surface area contributed by atoms with Crippen LogP contribution < -0.4 is 51.4 Å². The lowest BCUT2D eigenvalue weighted by molar-refractivity contribution is 0.130. The summed E-state index contributed by atoms with van der Waals surface area (Å²) in [7, 11) is -8.82. The molecule has 0 amide bonds. The molecule has 32 heteroatoms. The van der Waals surface area contributed by atoms with Gasteiger partial charge in [-0.25, -0.2) is 25.3 Å². The highest BCUT2D eigenvalue weighted by Gasteiger charge is 2.30. The highest BCUT2D eigenvalue weighted by Crippen LogP contribution is 2.43. The molecular weight excluding hydrogens is 1630 g/mol. The number of aromatic nitrogens is 10. The van der Waals surface area contributed by atoms with Gasteiger partial charge in [-0.3, -0.25) is 0 Å². The third-order valence-electron chi connectivity index (χ3n) is 21.6. The summed E-state index contributed by atoms with van der Waals surface area (Å²) in [5, 5.41) is 28.1. The molecular formula is C92H114N18O11S3. The van der Waals surface area contributed by atoms with Crippen molar-refractivity contribution in [1.82, 2.24) is 60.2 Å². The van der Waals surface area contributed by atoms with Crippen LogP contribution in [-0.2, 0) is 34.2 Å². The minimum Gasteiger partial charge on any atom is -0.489 e. The smallest absolute Gasteiger partial charge is 0.231 e. The molecule has 7 aromatic heterocycles. The molecule has 13 aromatic rings. The second-order valence-corrected chi connectivity index (χ2v) is 40.4. The van der Waals surface area contributed by atoms with Crippen molar-refractivity contribution in [2.45, 2.75) is 204 Å². The normalized spacial score (nSPS) is 14.3. The van der Waals surface area contributed by atoms with Gasteiger partial charge in [0.15, 0.2) is 35.3 Å². The fourth-order valence-corrected chi connectivity index (χ4v) is 18.7. The Morgan fingerprint density at radius 1 is 0.444 bits per heavy atom. The van der Waals surface area contributed by atoms with Crippen molar-refractivity contribution in [3.05, 3.63) is 186 Å². The van der Waals surface area contributed by atoms with Crippen LogP contribution in [0.2, 0.25) is 0 Å². The monoisotopic (exact) mass is 1740 g/mol. The number of fused-ring (bicyclic) bond motifs is 3. The number of methoxy groups -OCH3 is 1. The highest BCUT2D eigenvalue weighted by molar-refractivity contribution is 7.92. The molecule has 2 saturated heterocycles. The van der Waals surface area contributed by atoms with Crippen molar-refractivity contribution in [3.8, 4) is 28.6 Å². The fourth-order valence-electron chi connectivity index (χ4n) is 15.0. The molecule has 2 aliphatic rings. The van der Waals surface area contributed by atoms with E-state index in [1.165, 1.54) is 29.5 Å². The Bertz CT molecular complexity index is 6290. The van der Waals surface area contributed by atoms with Gasteiger partial charge in [0.2, 0.25) is 17.8 Å². The van der Waals surface area contributed by atoms with Crippen LogP contribution in [-0.4, -0.2) is 154 Å². The molecule has 6 aromatic carbocycles. The number of rotatable bonds is 30. The van der Waals surface area contributed by atoms with Gasteiger partial charge in [0.25, 0.3) is 0 Å². The quantitative estimate of drug-likeness (QED) is 0.0200. The first-order valence-corrected chi connectivity index (χ1v) is 46.8. The maximum Gasteiger partial charge on any atom is 0.231 e. The van der Waals surface area contributed by atoms with E-state index in [2.05, 4.69) is 105 Å². The van der Waals surface area contributed by atoms with Crippen molar-refractivity contribution in [2.75, 3.05) is 71.8 Å². The summed E-state index contributed by atoms with van der Waals surface area (Å²) in [5.74, 6) is 5.66. The van der Waals surface area contributed by atoms with Gasteiger partial charge in [0.1, 0.15) is 51.6 Å². The number of aromatic amines is 3. The zero-order chi connectivity index (χ0) is 88.5. The first kappa shape index (κ1) is 90.1. The Morgan fingerprint density at radius 3 is 1.22 bits per heavy atom. The number of piperidine rings is 2. The van der Waals surface area contributed by atoms with E-state index in [9.17, 15) is 25.3 Å². The Kier molecular flexibility index (Phi) is 28.3. The number of benzene rings is 6. The van der Waals surface area contributed by atoms with Crippen LogP contribution in [0.3, 0.4) is 0 Å². The summed E-state index contributed by atoms with van der Waals surface area (Å²) in [4.78, 5) is 41.0. The maximum atomic E-state index is 13.1. The molecule has 10 N–H and O–H groups in total. The van der Waals surface area contributed by atoms with Crippen molar-refractivity contribution >= 4 is 132 Å². The minimum absolute atomic E-state index is 0.0149. The molecule has 124 heavy (non-hydrogen) atoms. The lowest BCUT2D eigenvalue weighted by Gasteiger charge is -2.33. The molecule has 0 spiro atoms. The summed E-state index contributed by atoms with van der Waals surface area (Å²) in [6, 6.07) is 40.7. The van der Waals surface area contributed by atoms with E-state index in [0.29, 0.717) is 104 Å². The molecule has 0 bridgehead atoms. The van der Waals surface area contributed by atoms with Crippen LogP contribution in [0.25, 0.3) is 44.4 Å². The minimum atomic E-state index is -3.54. The summed E-state index contributed by atoms with van der Waals surface area (Å²) in [6.07, 6.45) is 10.9. The number of hydrogen-bond acceptors (Lipinski definition) is 26. The first-order valence-electron chi connectivity index (χ1n) is 42.2. The predicted molar refractivity (Wildman–Crippen MR) is 494 cm³/mol. The molecule has 1 unspecified atom stereocenters. The van der Waals surface area contributed by atoms with Gasteiger partial charge in [-0.1, -0.05) is 48.0 Å². The largest absolute Gasteiger partial charge is 0.489 e. The Hall–Kier alpha value is -11.7. The maximum absolute atomic E-state index is 13.1. The van der Waals surface area contributed by atoms with Gasteiger partial charge in [-0.15, -0.1) is 0 Å². The topological polar surface area (TPSA) is 378 Å². The molecule has 29 nitrogen and oxygen atoms in total. The fraction of sp³-hybridized carbons (Fsp3) is 0.380. The molecule has 2 aliphatic heterocycles. The van der Waals surface area contributed by atoms with Gasteiger partial charge in [0, 0.05) is 49.9 Å². The number of para-hydroxylation sites is 3. The third-order valence-corrected chi connectivity index (χ3v) is 28.2. The van der Waals surface area contributed by atoms with Crippen LogP contribution in [0, 0.1) is 27.7 Å². The Balaban J connectivity index is 0.000000160. The van der Waals surface area contributed by atoms with Gasteiger partial charge in [-0.2, -0.15) is 29.9 Å². The molecule has 2 fully saturated rings. The average Bonchev–Trinajstić information content (AvgIpc) is 1.41. The van der Waals surface area contributed by atoms with Crippen LogP contribution in [0.1, 0.15) is 161 Å². The first-order chi connectivity index (χ1) is 59.2. The van der Waals surface area contributed by atoms with E-state index >= 15 is 0 Å². The molecule has 9 heterocycles. The molecule has 0 saturated carbocycles.